The van der Waals surface area contributed by atoms with Crippen molar-refractivity contribution in [2.75, 3.05) is 19.6 Å². The number of carbonyl (C=O) groups excluding carboxylic acids is 1. The number of nitrogens with two attached hydrogens (primary N) is 1. The van der Waals surface area contributed by atoms with Gasteiger partial charge < -0.3 is 10.6 Å². The molecule has 0 aromatic heterocycles. The monoisotopic (exact) mass is 286 g/mol. The number of benzene rings is 1. The van der Waals surface area contributed by atoms with Crippen molar-refractivity contribution in [3.63, 3.8) is 0 Å². The summed E-state index contributed by atoms with van der Waals surface area (Å²) >= 11 is 0. The Labute approximate surface area is 119 Å². The lowest BCUT2D eigenvalue weighted by molar-refractivity contribution is -0.130. The molecule has 19 heavy (non-hydrogen) atoms. The largest absolute Gasteiger partial charge is 0.342 e. The van der Waals surface area contributed by atoms with Crippen LogP contribution >= 0.6 is 12.4 Å². The van der Waals surface area contributed by atoms with Crippen molar-refractivity contribution in [3.05, 3.63) is 35.6 Å². The molecule has 0 radical (unpaired) electrons. The molecule has 1 saturated heterocycles. The Morgan fingerprint density at radius 3 is 2.63 bits per heavy atom. The van der Waals surface area contributed by atoms with Crippen LogP contribution in [0.3, 0.4) is 0 Å². The van der Waals surface area contributed by atoms with Gasteiger partial charge in [-0.25, -0.2) is 4.39 Å². The fourth-order valence-electron chi connectivity index (χ4n) is 2.31. The predicted molar refractivity (Wildman–Crippen MR) is 75.7 cm³/mol. The first-order valence-electron chi connectivity index (χ1n) is 6.41. The minimum atomic E-state index is -0.240. The van der Waals surface area contributed by atoms with E-state index in [0.29, 0.717) is 25.3 Å². The maximum absolute atomic E-state index is 12.7. The second kappa shape index (κ2) is 7.46. The van der Waals surface area contributed by atoms with Gasteiger partial charge in [-0.1, -0.05) is 12.1 Å². The number of likely N-dealkylation sites (tertiary alicyclic amines) is 1. The second-order valence-electron chi connectivity index (χ2n) is 4.86. The van der Waals surface area contributed by atoms with Gasteiger partial charge in [0.2, 0.25) is 5.91 Å². The minimum absolute atomic E-state index is 0. The van der Waals surface area contributed by atoms with Gasteiger partial charge >= 0.3 is 0 Å². The highest BCUT2D eigenvalue weighted by Gasteiger charge is 2.24. The van der Waals surface area contributed by atoms with E-state index in [4.69, 9.17) is 5.73 Å². The molecule has 1 aromatic rings. The van der Waals surface area contributed by atoms with Crippen LogP contribution in [0.25, 0.3) is 0 Å². The average Bonchev–Trinajstić information content (AvgIpc) is 2.86. The number of amides is 1. The van der Waals surface area contributed by atoms with Gasteiger partial charge in [-0.05, 0) is 43.0 Å². The van der Waals surface area contributed by atoms with Crippen molar-refractivity contribution in [1.82, 2.24) is 4.90 Å². The second-order valence-corrected chi connectivity index (χ2v) is 4.86. The summed E-state index contributed by atoms with van der Waals surface area (Å²) in [4.78, 5) is 13.8. The lowest BCUT2D eigenvalue weighted by atomic mass is 10.1. The summed E-state index contributed by atoms with van der Waals surface area (Å²) in [5.41, 5.74) is 6.60. The smallest absolute Gasteiger partial charge is 0.222 e. The standard InChI is InChI=1S/C14H19FN2O.ClH/c15-13-4-1-11(2-5-13)3-6-14(18)17-8-7-12(9-16)10-17;/h1-2,4-5,12H,3,6-10,16H2;1H. The van der Waals surface area contributed by atoms with E-state index in [0.717, 1.165) is 25.1 Å². The fourth-order valence-corrected chi connectivity index (χ4v) is 2.31. The van der Waals surface area contributed by atoms with Crippen LogP contribution in [0.4, 0.5) is 4.39 Å². The molecule has 2 N–H and O–H groups in total. The minimum Gasteiger partial charge on any atom is -0.342 e. The molecule has 1 atom stereocenters. The molecular formula is C14H20ClFN2O. The van der Waals surface area contributed by atoms with Gasteiger partial charge in [0, 0.05) is 19.5 Å². The van der Waals surface area contributed by atoms with Crippen molar-refractivity contribution < 1.29 is 9.18 Å². The van der Waals surface area contributed by atoms with E-state index < -0.39 is 0 Å². The summed E-state index contributed by atoms with van der Waals surface area (Å²) in [7, 11) is 0. The summed E-state index contributed by atoms with van der Waals surface area (Å²) in [5, 5.41) is 0. The number of halogens is 2. The quantitative estimate of drug-likeness (QED) is 0.920. The van der Waals surface area contributed by atoms with Crippen LogP contribution in [0.1, 0.15) is 18.4 Å². The SMILES string of the molecule is Cl.NCC1CCN(C(=O)CCc2ccc(F)cc2)C1. The van der Waals surface area contributed by atoms with E-state index in [2.05, 4.69) is 0 Å². The highest BCUT2D eigenvalue weighted by Crippen LogP contribution is 2.16. The Balaban J connectivity index is 0.00000180. The van der Waals surface area contributed by atoms with Gasteiger partial charge in [0.05, 0.1) is 0 Å². The molecule has 0 bridgehead atoms. The first-order chi connectivity index (χ1) is 8.69. The molecule has 1 aromatic carbocycles. The van der Waals surface area contributed by atoms with E-state index in [9.17, 15) is 9.18 Å². The molecule has 1 heterocycles. The van der Waals surface area contributed by atoms with Crippen LogP contribution in [0.5, 0.6) is 0 Å². The zero-order valence-electron chi connectivity index (χ0n) is 10.8. The van der Waals surface area contributed by atoms with Crippen LogP contribution in [0.15, 0.2) is 24.3 Å². The molecule has 0 aliphatic carbocycles. The number of rotatable bonds is 4. The van der Waals surface area contributed by atoms with Crippen molar-refractivity contribution in [2.24, 2.45) is 11.7 Å². The van der Waals surface area contributed by atoms with Crippen molar-refractivity contribution in [3.8, 4) is 0 Å². The summed E-state index contributed by atoms with van der Waals surface area (Å²) in [6.45, 7) is 2.27. The summed E-state index contributed by atoms with van der Waals surface area (Å²) in [5.74, 6) is 0.394. The number of hydrogen-bond donors (Lipinski definition) is 1. The lowest BCUT2D eigenvalue weighted by Crippen LogP contribution is -2.29. The lowest BCUT2D eigenvalue weighted by Gasteiger charge is -2.16. The molecule has 3 nitrogen and oxygen atoms in total. The normalized spacial score (nSPS) is 18.2. The Kier molecular flexibility index (Phi) is 6.25. The zero-order valence-corrected chi connectivity index (χ0v) is 11.7. The van der Waals surface area contributed by atoms with Crippen LogP contribution in [-0.4, -0.2) is 30.4 Å². The number of carbonyl (C=O) groups is 1. The van der Waals surface area contributed by atoms with Gasteiger partial charge in [0.1, 0.15) is 5.82 Å². The molecule has 1 fully saturated rings. The number of hydrogen-bond acceptors (Lipinski definition) is 2. The summed E-state index contributed by atoms with van der Waals surface area (Å²) in [6, 6.07) is 6.32. The van der Waals surface area contributed by atoms with Crippen LogP contribution in [-0.2, 0) is 11.2 Å². The molecule has 1 aliphatic rings. The van der Waals surface area contributed by atoms with Crippen LogP contribution in [0.2, 0.25) is 0 Å². The van der Waals surface area contributed by atoms with Gasteiger partial charge in [-0.3, -0.25) is 4.79 Å². The molecule has 106 valence electrons. The summed E-state index contributed by atoms with van der Waals surface area (Å²) < 4.78 is 12.7. The molecule has 1 unspecified atom stereocenters. The van der Waals surface area contributed by atoms with E-state index >= 15 is 0 Å². The Hall–Kier alpha value is -1.13. The number of aryl methyl sites for hydroxylation is 1. The Morgan fingerprint density at radius 2 is 2.05 bits per heavy atom. The van der Waals surface area contributed by atoms with Gasteiger partial charge in [0.15, 0.2) is 0 Å². The fraction of sp³-hybridized carbons (Fsp3) is 0.500. The number of nitrogens with zero attached hydrogens (tertiary/aromatic N) is 1. The topological polar surface area (TPSA) is 46.3 Å². The van der Waals surface area contributed by atoms with Gasteiger partial charge in [-0.2, -0.15) is 0 Å². The first-order valence-corrected chi connectivity index (χ1v) is 6.41. The van der Waals surface area contributed by atoms with Crippen LogP contribution in [0, 0.1) is 11.7 Å². The zero-order chi connectivity index (χ0) is 13.0. The van der Waals surface area contributed by atoms with Gasteiger partial charge in [0.25, 0.3) is 0 Å². The first kappa shape index (κ1) is 15.9. The average molecular weight is 287 g/mol. The molecule has 0 spiro atoms. The molecule has 0 saturated carbocycles. The molecule has 1 aliphatic heterocycles. The Morgan fingerprint density at radius 1 is 1.37 bits per heavy atom. The van der Waals surface area contributed by atoms with E-state index in [1.165, 1.54) is 12.1 Å². The third-order valence-corrected chi connectivity index (χ3v) is 3.51. The third kappa shape index (κ3) is 4.48. The molecular weight excluding hydrogens is 267 g/mol. The van der Waals surface area contributed by atoms with E-state index in [-0.39, 0.29) is 24.1 Å². The van der Waals surface area contributed by atoms with E-state index in [1.54, 1.807) is 12.1 Å². The van der Waals surface area contributed by atoms with E-state index in [1.807, 2.05) is 4.90 Å². The Bertz CT molecular complexity index is 410. The van der Waals surface area contributed by atoms with Crippen LogP contribution < -0.4 is 5.73 Å². The highest BCUT2D eigenvalue weighted by atomic mass is 35.5. The van der Waals surface area contributed by atoms with Crippen molar-refractivity contribution in [2.45, 2.75) is 19.3 Å². The highest BCUT2D eigenvalue weighted by molar-refractivity contribution is 5.85. The molecule has 2 rings (SSSR count). The van der Waals surface area contributed by atoms with Gasteiger partial charge in [-0.15, -0.1) is 12.4 Å². The van der Waals surface area contributed by atoms with Crippen molar-refractivity contribution >= 4 is 18.3 Å². The molecule has 5 heteroatoms. The predicted octanol–water partition coefficient (Wildman–Crippen LogP) is 1.99. The van der Waals surface area contributed by atoms with Crippen molar-refractivity contribution in [1.29, 1.82) is 0 Å². The molecule has 1 amide bonds. The maximum atomic E-state index is 12.7. The maximum Gasteiger partial charge on any atom is 0.222 e. The third-order valence-electron chi connectivity index (χ3n) is 3.51. The summed E-state index contributed by atoms with van der Waals surface area (Å²) in [6.07, 6.45) is 2.17.